The molecule has 1 N–H and O–H groups in total. The van der Waals surface area contributed by atoms with E-state index in [1.54, 1.807) is 6.92 Å². The van der Waals surface area contributed by atoms with Gasteiger partial charge >= 0.3 is 0 Å². The van der Waals surface area contributed by atoms with Crippen LogP contribution in [-0.4, -0.2) is 41.1 Å². The standard InChI is InChI=1S/C17H24N2O2/c1-4-13-11(3)18-15-7-12-5-6-19(8-10(2)20)9-14(12)17(21)16(13)15/h12,14,18H,4-9H2,1-3H3. The zero-order valence-corrected chi connectivity index (χ0v) is 13.2. The molecule has 4 nitrogen and oxygen atoms in total. The van der Waals surface area contributed by atoms with E-state index in [0.29, 0.717) is 18.2 Å². The summed E-state index contributed by atoms with van der Waals surface area (Å²) in [7, 11) is 0. The molecule has 1 saturated heterocycles. The van der Waals surface area contributed by atoms with Crippen molar-refractivity contribution in [3.63, 3.8) is 0 Å². The largest absolute Gasteiger partial charge is 0.362 e. The van der Waals surface area contributed by atoms with E-state index in [-0.39, 0.29) is 11.7 Å². The van der Waals surface area contributed by atoms with Crippen LogP contribution in [0.4, 0.5) is 0 Å². The third-order valence-electron chi connectivity index (χ3n) is 5.08. The Labute approximate surface area is 125 Å². The summed E-state index contributed by atoms with van der Waals surface area (Å²) in [6, 6.07) is 0. The molecule has 0 aromatic carbocycles. The van der Waals surface area contributed by atoms with Crippen molar-refractivity contribution in [1.29, 1.82) is 0 Å². The first-order valence-electron chi connectivity index (χ1n) is 7.97. The molecule has 2 aliphatic rings. The van der Waals surface area contributed by atoms with Gasteiger partial charge in [0.25, 0.3) is 0 Å². The van der Waals surface area contributed by atoms with E-state index in [2.05, 4.69) is 23.7 Å². The van der Waals surface area contributed by atoms with Gasteiger partial charge in [0.1, 0.15) is 5.78 Å². The predicted octanol–water partition coefficient (Wildman–Crippen LogP) is 2.15. The third kappa shape index (κ3) is 2.46. The highest BCUT2D eigenvalue weighted by atomic mass is 16.1. The van der Waals surface area contributed by atoms with Crippen LogP contribution in [0.15, 0.2) is 0 Å². The number of hydrogen-bond donors (Lipinski definition) is 1. The Balaban J connectivity index is 1.88. The molecule has 3 rings (SSSR count). The maximum atomic E-state index is 12.9. The average Bonchev–Trinajstić information content (AvgIpc) is 2.74. The number of fused-ring (bicyclic) bond motifs is 2. The van der Waals surface area contributed by atoms with Crippen LogP contribution in [0.1, 0.15) is 47.6 Å². The first-order valence-corrected chi connectivity index (χ1v) is 7.97. The van der Waals surface area contributed by atoms with Crippen LogP contribution in [0.25, 0.3) is 0 Å². The lowest BCUT2D eigenvalue weighted by Crippen LogP contribution is -2.48. The Morgan fingerprint density at radius 2 is 2.19 bits per heavy atom. The van der Waals surface area contributed by atoms with Crippen LogP contribution < -0.4 is 0 Å². The van der Waals surface area contributed by atoms with Crippen molar-refractivity contribution in [3.8, 4) is 0 Å². The van der Waals surface area contributed by atoms with Gasteiger partial charge in [-0.3, -0.25) is 14.5 Å². The first kappa shape index (κ1) is 14.5. The highest BCUT2D eigenvalue weighted by molar-refractivity contribution is 6.02. The van der Waals surface area contributed by atoms with E-state index < -0.39 is 0 Å². The number of nitrogens with zero attached hydrogens (tertiary/aromatic N) is 1. The monoisotopic (exact) mass is 288 g/mol. The summed E-state index contributed by atoms with van der Waals surface area (Å²) in [5.41, 5.74) is 4.45. The molecule has 1 fully saturated rings. The number of likely N-dealkylation sites (tertiary alicyclic amines) is 1. The summed E-state index contributed by atoms with van der Waals surface area (Å²) in [5.74, 6) is 1.00. The molecule has 0 saturated carbocycles. The molecule has 2 heterocycles. The molecule has 0 spiro atoms. The maximum absolute atomic E-state index is 12.9. The van der Waals surface area contributed by atoms with Gasteiger partial charge in [0.05, 0.1) is 6.54 Å². The van der Waals surface area contributed by atoms with Crippen molar-refractivity contribution in [2.45, 2.75) is 40.0 Å². The number of ketones is 2. The summed E-state index contributed by atoms with van der Waals surface area (Å²) >= 11 is 0. The van der Waals surface area contributed by atoms with Crippen molar-refractivity contribution in [3.05, 3.63) is 22.5 Å². The van der Waals surface area contributed by atoms with Gasteiger partial charge in [-0.2, -0.15) is 0 Å². The summed E-state index contributed by atoms with van der Waals surface area (Å²) in [4.78, 5) is 29.9. The SMILES string of the molecule is CCc1c(C)[nH]c2c1C(=O)C1CN(CC(C)=O)CCC1C2. The van der Waals surface area contributed by atoms with Gasteiger partial charge in [-0.05, 0) is 51.1 Å². The third-order valence-corrected chi connectivity index (χ3v) is 5.08. The van der Waals surface area contributed by atoms with E-state index in [9.17, 15) is 9.59 Å². The summed E-state index contributed by atoms with van der Waals surface area (Å²) < 4.78 is 0. The fourth-order valence-corrected chi connectivity index (χ4v) is 4.14. The van der Waals surface area contributed by atoms with Crippen molar-refractivity contribution in [1.82, 2.24) is 9.88 Å². The van der Waals surface area contributed by atoms with E-state index in [1.165, 1.54) is 5.56 Å². The van der Waals surface area contributed by atoms with Crippen molar-refractivity contribution < 1.29 is 9.59 Å². The molecule has 1 aliphatic carbocycles. The second kappa shape index (κ2) is 5.41. The second-order valence-electron chi connectivity index (χ2n) is 6.60. The van der Waals surface area contributed by atoms with Crippen molar-refractivity contribution >= 4 is 11.6 Å². The lowest BCUT2D eigenvalue weighted by Gasteiger charge is -2.40. The Kier molecular flexibility index (Phi) is 3.74. The van der Waals surface area contributed by atoms with Crippen molar-refractivity contribution in [2.75, 3.05) is 19.6 Å². The summed E-state index contributed by atoms with van der Waals surface area (Å²) in [6.45, 7) is 7.96. The molecule has 1 aromatic rings. The second-order valence-corrected chi connectivity index (χ2v) is 6.60. The molecule has 0 bridgehead atoms. The van der Waals surface area contributed by atoms with Gasteiger partial charge in [-0.15, -0.1) is 0 Å². The van der Waals surface area contributed by atoms with E-state index in [4.69, 9.17) is 0 Å². The number of piperidine rings is 1. The van der Waals surface area contributed by atoms with Gasteiger partial charge < -0.3 is 4.98 Å². The number of aryl methyl sites for hydroxylation is 1. The Morgan fingerprint density at radius 1 is 1.43 bits per heavy atom. The fourth-order valence-electron chi connectivity index (χ4n) is 4.14. The Morgan fingerprint density at radius 3 is 2.86 bits per heavy atom. The molecule has 1 aliphatic heterocycles. The van der Waals surface area contributed by atoms with Crippen LogP contribution in [0.2, 0.25) is 0 Å². The normalized spacial score (nSPS) is 25.6. The minimum Gasteiger partial charge on any atom is -0.362 e. The van der Waals surface area contributed by atoms with Crippen LogP contribution in [0.3, 0.4) is 0 Å². The number of rotatable bonds is 3. The van der Waals surface area contributed by atoms with Gasteiger partial charge in [-0.25, -0.2) is 0 Å². The van der Waals surface area contributed by atoms with E-state index in [0.717, 1.165) is 49.3 Å². The highest BCUT2D eigenvalue weighted by Gasteiger charge is 2.41. The van der Waals surface area contributed by atoms with Gasteiger partial charge in [-0.1, -0.05) is 6.92 Å². The molecule has 4 heteroatoms. The van der Waals surface area contributed by atoms with E-state index >= 15 is 0 Å². The lowest BCUT2D eigenvalue weighted by atomic mass is 9.72. The number of carbonyl (C=O) groups excluding carboxylic acids is 2. The molecule has 0 amide bonds. The molecule has 2 atom stereocenters. The van der Waals surface area contributed by atoms with Gasteiger partial charge in [0, 0.05) is 29.4 Å². The molecule has 1 aromatic heterocycles. The minimum absolute atomic E-state index is 0.0751. The van der Waals surface area contributed by atoms with Crippen LogP contribution in [-0.2, 0) is 17.6 Å². The number of nitrogens with one attached hydrogen (secondary N) is 1. The number of hydrogen-bond acceptors (Lipinski definition) is 3. The number of carbonyl (C=O) groups is 2. The molecule has 0 radical (unpaired) electrons. The zero-order chi connectivity index (χ0) is 15.1. The lowest BCUT2D eigenvalue weighted by molar-refractivity contribution is -0.118. The topological polar surface area (TPSA) is 53.2 Å². The van der Waals surface area contributed by atoms with E-state index in [1.807, 2.05) is 0 Å². The fraction of sp³-hybridized carbons (Fsp3) is 0.647. The zero-order valence-electron chi connectivity index (χ0n) is 13.2. The summed E-state index contributed by atoms with van der Waals surface area (Å²) in [5, 5.41) is 0. The number of aromatic amines is 1. The van der Waals surface area contributed by atoms with Crippen molar-refractivity contribution in [2.24, 2.45) is 11.8 Å². The van der Waals surface area contributed by atoms with Gasteiger partial charge in [0.2, 0.25) is 0 Å². The average molecular weight is 288 g/mol. The quantitative estimate of drug-likeness (QED) is 0.927. The number of aromatic nitrogens is 1. The maximum Gasteiger partial charge on any atom is 0.169 e. The first-order chi connectivity index (χ1) is 10.0. The Bertz CT molecular complexity index is 588. The smallest absolute Gasteiger partial charge is 0.169 e. The van der Waals surface area contributed by atoms with Crippen LogP contribution in [0.5, 0.6) is 0 Å². The molecule has 114 valence electrons. The Hall–Kier alpha value is -1.42. The van der Waals surface area contributed by atoms with Crippen LogP contribution in [0, 0.1) is 18.8 Å². The molecular formula is C17H24N2O2. The predicted molar refractivity (Wildman–Crippen MR) is 81.7 cm³/mol. The number of Topliss-reactive ketones (excluding diaryl/α,β-unsaturated/α-hetero) is 2. The van der Waals surface area contributed by atoms with Crippen LogP contribution >= 0.6 is 0 Å². The summed E-state index contributed by atoms with van der Waals surface area (Å²) in [6.07, 6.45) is 2.90. The molecular weight excluding hydrogens is 264 g/mol. The molecule has 21 heavy (non-hydrogen) atoms. The number of H-pyrrole nitrogens is 1. The van der Waals surface area contributed by atoms with Gasteiger partial charge in [0.15, 0.2) is 5.78 Å². The highest BCUT2D eigenvalue weighted by Crippen LogP contribution is 2.37. The minimum atomic E-state index is 0.0751. The molecule has 2 unspecified atom stereocenters.